The fraction of sp³-hybridized carbons (Fsp3) is 0.526. The van der Waals surface area contributed by atoms with Crippen molar-refractivity contribution in [2.24, 2.45) is 5.92 Å². The number of hydrogen-bond acceptors (Lipinski definition) is 2. The monoisotopic (exact) mass is 302 g/mol. The lowest BCUT2D eigenvalue weighted by molar-refractivity contribution is -0.110. The minimum atomic E-state index is 0.127. The van der Waals surface area contributed by atoms with Gasteiger partial charge in [-0.2, -0.15) is 0 Å². The van der Waals surface area contributed by atoms with Crippen LogP contribution in [0.5, 0.6) is 0 Å². The summed E-state index contributed by atoms with van der Waals surface area (Å²) in [4.78, 5) is 13.2. The molecule has 0 saturated carbocycles. The summed E-state index contributed by atoms with van der Waals surface area (Å²) in [5.74, 6) is 0.337. The lowest BCUT2D eigenvalue weighted by atomic mass is 9.91. The number of allylic oxidation sites excluding steroid dienone is 1. The predicted octanol–water partition coefficient (Wildman–Crippen LogP) is 3.61. The van der Waals surface area contributed by atoms with Crippen molar-refractivity contribution in [3.05, 3.63) is 48.2 Å². The van der Waals surface area contributed by atoms with E-state index in [1.54, 1.807) is 0 Å². The molecule has 0 saturated heterocycles. The van der Waals surface area contributed by atoms with Crippen LogP contribution in [-0.2, 0) is 11.2 Å². The molecule has 1 unspecified atom stereocenters. The van der Waals surface area contributed by atoms with Gasteiger partial charge >= 0.3 is 0 Å². The van der Waals surface area contributed by atoms with Gasteiger partial charge in [-0.05, 0) is 37.7 Å². The highest BCUT2D eigenvalue weighted by atomic mass is 16.1. The topological polar surface area (TPSA) is 32.3 Å². The van der Waals surface area contributed by atoms with Crippen molar-refractivity contribution >= 4 is 6.41 Å². The number of nitrogens with zero attached hydrogens (tertiary/aromatic N) is 1. The van der Waals surface area contributed by atoms with E-state index in [4.69, 9.17) is 0 Å². The van der Waals surface area contributed by atoms with Crippen LogP contribution >= 0.6 is 0 Å². The molecule has 0 fully saturated rings. The van der Waals surface area contributed by atoms with E-state index in [1.165, 1.54) is 5.56 Å². The van der Waals surface area contributed by atoms with Gasteiger partial charge in [-0.1, -0.05) is 50.8 Å². The van der Waals surface area contributed by atoms with Crippen LogP contribution in [0.2, 0.25) is 0 Å². The predicted molar refractivity (Wildman–Crippen MR) is 93.6 cm³/mol. The molecule has 1 aromatic carbocycles. The highest BCUT2D eigenvalue weighted by Crippen LogP contribution is 2.21. The Labute approximate surface area is 135 Å². The standard InChI is InChI=1S/C19H30N2O/c1-6-16(3)21(5)17(4)12-15(2)19(20-14-22)13-18-10-8-7-9-11-18/h7-11,14-16,19H,4,6,12-13H2,1-3,5H3,(H,20,22)/t15-,16-,19?/m0/s1. The van der Waals surface area contributed by atoms with E-state index in [1.807, 2.05) is 18.2 Å². The van der Waals surface area contributed by atoms with Crippen LogP contribution in [0.1, 0.15) is 39.2 Å². The first-order valence-electron chi connectivity index (χ1n) is 8.13. The van der Waals surface area contributed by atoms with Crippen LogP contribution in [0.3, 0.4) is 0 Å². The number of carbonyl (C=O) groups excluding carboxylic acids is 1. The van der Waals surface area contributed by atoms with Gasteiger partial charge in [0.1, 0.15) is 0 Å². The van der Waals surface area contributed by atoms with Crippen molar-refractivity contribution in [3.8, 4) is 0 Å². The lowest BCUT2D eigenvalue weighted by Crippen LogP contribution is -2.37. The number of benzene rings is 1. The van der Waals surface area contributed by atoms with Crippen LogP contribution in [0.25, 0.3) is 0 Å². The van der Waals surface area contributed by atoms with Gasteiger partial charge in [0.2, 0.25) is 6.41 Å². The maximum absolute atomic E-state index is 10.9. The van der Waals surface area contributed by atoms with Crippen molar-refractivity contribution in [3.63, 3.8) is 0 Å². The Morgan fingerprint density at radius 3 is 2.50 bits per heavy atom. The summed E-state index contributed by atoms with van der Waals surface area (Å²) in [6.07, 6.45) is 3.65. The minimum Gasteiger partial charge on any atom is -0.376 e. The molecule has 122 valence electrons. The minimum absolute atomic E-state index is 0.127. The summed E-state index contributed by atoms with van der Waals surface area (Å²) in [6.45, 7) is 10.8. The second-order valence-electron chi connectivity index (χ2n) is 6.20. The van der Waals surface area contributed by atoms with Crippen molar-refractivity contribution < 1.29 is 4.79 Å². The van der Waals surface area contributed by atoms with Crippen LogP contribution in [0, 0.1) is 5.92 Å². The summed E-state index contributed by atoms with van der Waals surface area (Å²) >= 11 is 0. The molecule has 3 nitrogen and oxygen atoms in total. The molecule has 0 aliphatic carbocycles. The average molecular weight is 302 g/mol. The van der Waals surface area contributed by atoms with E-state index in [0.717, 1.165) is 31.4 Å². The Kier molecular flexibility index (Phi) is 7.72. The second-order valence-corrected chi connectivity index (χ2v) is 6.20. The zero-order chi connectivity index (χ0) is 16.5. The fourth-order valence-corrected chi connectivity index (χ4v) is 2.62. The third-order valence-corrected chi connectivity index (χ3v) is 4.58. The van der Waals surface area contributed by atoms with Crippen LogP contribution in [0.15, 0.2) is 42.6 Å². The van der Waals surface area contributed by atoms with Gasteiger partial charge in [-0.15, -0.1) is 0 Å². The van der Waals surface area contributed by atoms with Gasteiger partial charge in [0.05, 0.1) is 0 Å². The first-order valence-corrected chi connectivity index (χ1v) is 8.13. The quantitative estimate of drug-likeness (QED) is 0.670. The average Bonchev–Trinajstić information content (AvgIpc) is 2.53. The van der Waals surface area contributed by atoms with E-state index in [-0.39, 0.29) is 6.04 Å². The molecule has 0 aliphatic heterocycles. The number of nitrogens with one attached hydrogen (secondary N) is 1. The molecule has 3 atom stereocenters. The maximum Gasteiger partial charge on any atom is 0.207 e. The SMILES string of the molecule is C=C(C[C@H](C)C(Cc1ccccc1)NC=O)N(C)[C@@H](C)CC. The first-order chi connectivity index (χ1) is 10.5. The third kappa shape index (κ3) is 5.55. The van der Waals surface area contributed by atoms with Crippen molar-refractivity contribution in [2.75, 3.05) is 7.05 Å². The van der Waals surface area contributed by atoms with Crippen LogP contribution in [0.4, 0.5) is 0 Å². The molecule has 0 heterocycles. The van der Waals surface area contributed by atoms with Crippen molar-refractivity contribution in [1.29, 1.82) is 0 Å². The second kappa shape index (κ2) is 9.29. The van der Waals surface area contributed by atoms with E-state index >= 15 is 0 Å². The fourth-order valence-electron chi connectivity index (χ4n) is 2.62. The Bertz CT molecular complexity index is 458. The number of amides is 1. The summed E-state index contributed by atoms with van der Waals surface area (Å²) in [5, 5.41) is 2.98. The summed E-state index contributed by atoms with van der Waals surface area (Å²) in [5.41, 5.74) is 2.38. The largest absolute Gasteiger partial charge is 0.376 e. The smallest absolute Gasteiger partial charge is 0.207 e. The molecule has 0 bridgehead atoms. The van der Waals surface area contributed by atoms with Gasteiger partial charge in [-0.25, -0.2) is 0 Å². The highest BCUT2D eigenvalue weighted by molar-refractivity contribution is 5.47. The number of hydrogen-bond donors (Lipinski definition) is 1. The highest BCUT2D eigenvalue weighted by Gasteiger charge is 2.20. The summed E-state index contributed by atoms with van der Waals surface area (Å²) in [7, 11) is 2.10. The van der Waals surface area contributed by atoms with Gasteiger partial charge in [0.25, 0.3) is 0 Å². The Hall–Kier alpha value is -1.77. The van der Waals surface area contributed by atoms with Crippen molar-refractivity contribution in [1.82, 2.24) is 10.2 Å². The zero-order valence-corrected chi connectivity index (χ0v) is 14.4. The molecule has 1 amide bonds. The van der Waals surface area contributed by atoms with Crippen molar-refractivity contribution in [2.45, 2.75) is 52.1 Å². The molecule has 0 spiro atoms. The Balaban J connectivity index is 2.66. The summed E-state index contributed by atoms with van der Waals surface area (Å²) < 4.78 is 0. The lowest BCUT2D eigenvalue weighted by Gasteiger charge is -2.31. The first kappa shape index (κ1) is 18.3. The number of carbonyl (C=O) groups is 1. The van der Waals surface area contributed by atoms with E-state index in [9.17, 15) is 4.79 Å². The summed E-state index contributed by atoms with van der Waals surface area (Å²) in [6, 6.07) is 10.9. The maximum atomic E-state index is 10.9. The third-order valence-electron chi connectivity index (χ3n) is 4.58. The molecule has 1 aromatic rings. The van der Waals surface area contributed by atoms with Gasteiger partial charge < -0.3 is 10.2 Å². The van der Waals surface area contributed by atoms with E-state index in [0.29, 0.717) is 12.0 Å². The zero-order valence-electron chi connectivity index (χ0n) is 14.4. The van der Waals surface area contributed by atoms with Gasteiger partial charge in [0.15, 0.2) is 0 Å². The molecule has 22 heavy (non-hydrogen) atoms. The molecular formula is C19H30N2O. The van der Waals surface area contributed by atoms with Gasteiger partial charge in [-0.3, -0.25) is 4.79 Å². The number of rotatable bonds is 10. The molecule has 0 radical (unpaired) electrons. The van der Waals surface area contributed by atoms with E-state index in [2.05, 4.69) is 56.7 Å². The van der Waals surface area contributed by atoms with E-state index < -0.39 is 0 Å². The molecule has 1 N–H and O–H groups in total. The Morgan fingerprint density at radius 1 is 1.32 bits per heavy atom. The van der Waals surface area contributed by atoms with Gasteiger partial charge in [0, 0.05) is 24.8 Å². The molecule has 1 rings (SSSR count). The molecule has 3 heteroatoms. The van der Waals surface area contributed by atoms with Crippen LogP contribution < -0.4 is 5.32 Å². The molecular weight excluding hydrogens is 272 g/mol. The van der Waals surface area contributed by atoms with Crippen LogP contribution in [-0.4, -0.2) is 30.4 Å². The molecule has 0 aliphatic rings. The normalized spacial score (nSPS) is 14.7. The molecule has 0 aromatic heterocycles. The Morgan fingerprint density at radius 2 is 1.95 bits per heavy atom.